The smallest absolute Gasteiger partial charge is 0.235 e. The van der Waals surface area contributed by atoms with E-state index in [1.165, 1.54) is 12.1 Å². The van der Waals surface area contributed by atoms with Crippen LogP contribution in [0, 0.1) is 5.82 Å². The lowest BCUT2D eigenvalue weighted by molar-refractivity contribution is -0.125. The van der Waals surface area contributed by atoms with Crippen LogP contribution in [0.25, 0.3) is 0 Å². The van der Waals surface area contributed by atoms with Crippen LogP contribution >= 0.6 is 0 Å². The summed E-state index contributed by atoms with van der Waals surface area (Å²) >= 11 is 0. The normalized spacial score (nSPS) is 16.3. The first-order valence-electron chi connectivity index (χ1n) is 8.91. The van der Waals surface area contributed by atoms with Crippen LogP contribution < -0.4 is 10.1 Å². The predicted octanol–water partition coefficient (Wildman–Crippen LogP) is 4.30. The average Bonchev–Trinajstić information content (AvgIpc) is 2.64. The number of carbonyl (C=O) groups excluding carboxylic acids is 1. The molecule has 0 radical (unpaired) electrons. The summed E-state index contributed by atoms with van der Waals surface area (Å²) in [5.74, 6) is 0.361. The van der Waals surface area contributed by atoms with Crippen molar-refractivity contribution in [3.63, 3.8) is 0 Å². The lowest BCUT2D eigenvalue weighted by atomic mass is 9.73. The van der Waals surface area contributed by atoms with Gasteiger partial charge in [0.2, 0.25) is 5.91 Å². The largest absolute Gasteiger partial charge is 0.491 e. The third-order valence-electron chi connectivity index (χ3n) is 4.66. The van der Waals surface area contributed by atoms with Crippen molar-refractivity contribution >= 4 is 11.6 Å². The first-order chi connectivity index (χ1) is 12.5. The molecule has 0 unspecified atom stereocenters. The molecule has 1 aliphatic heterocycles. The van der Waals surface area contributed by atoms with Gasteiger partial charge in [0.05, 0.1) is 11.5 Å². The van der Waals surface area contributed by atoms with Gasteiger partial charge in [0.25, 0.3) is 0 Å². The van der Waals surface area contributed by atoms with Crippen LogP contribution in [0.5, 0.6) is 5.75 Å². The van der Waals surface area contributed by atoms with Gasteiger partial charge in [-0.05, 0) is 68.7 Å². The summed E-state index contributed by atoms with van der Waals surface area (Å²) in [6, 6.07) is 13.5. The molecule has 0 atom stereocenters. The van der Waals surface area contributed by atoms with E-state index in [2.05, 4.69) is 5.32 Å². The van der Waals surface area contributed by atoms with Crippen LogP contribution in [0.4, 0.5) is 10.1 Å². The van der Waals surface area contributed by atoms with E-state index in [4.69, 9.17) is 9.47 Å². The molecule has 0 aromatic heterocycles. The Labute approximate surface area is 153 Å². The predicted molar refractivity (Wildman–Crippen MR) is 99.0 cm³/mol. The van der Waals surface area contributed by atoms with E-state index in [1.807, 2.05) is 38.1 Å². The topological polar surface area (TPSA) is 47.6 Å². The van der Waals surface area contributed by atoms with Crippen LogP contribution in [0.3, 0.4) is 0 Å². The van der Waals surface area contributed by atoms with Crippen molar-refractivity contribution in [2.45, 2.75) is 38.2 Å². The minimum absolute atomic E-state index is 0.0927. The monoisotopic (exact) mass is 357 g/mol. The Hall–Kier alpha value is -2.40. The highest BCUT2D eigenvalue weighted by atomic mass is 19.1. The van der Waals surface area contributed by atoms with Crippen molar-refractivity contribution in [3.05, 3.63) is 59.9 Å². The molecule has 3 rings (SSSR count). The van der Waals surface area contributed by atoms with Crippen LogP contribution in [0.15, 0.2) is 48.5 Å². The number of halogens is 1. The van der Waals surface area contributed by atoms with Crippen molar-refractivity contribution in [2.24, 2.45) is 0 Å². The van der Waals surface area contributed by atoms with Gasteiger partial charge in [-0.1, -0.05) is 12.1 Å². The van der Waals surface area contributed by atoms with E-state index < -0.39 is 5.41 Å². The quantitative estimate of drug-likeness (QED) is 0.868. The molecular weight excluding hydrogens is 333 g/mol. The second-order valence-electron chi connectivity index (χ2n) is 6.85. The zero-order valence-electron chi connectivity index (χ0n) is 15.1. The number of anilines is 1. The van der Waals surface area contributed by atoms with Crippen molar-refractivity contribution in [3.8, 4) is 5.75 Å². The molecule has 4 nitrogen and oxygen atoms in total. The summed E-state index contributed by atoms with van der Waals surface area (Å²) in [7, 11) is 0. The van der Waals surface area contributed by atoms with Crippen LogP contribution in [0.1, 0.15) is 32.3 Å². The highest BCUT2D eigenvalue weighted by Gasteiger charge is 2.41. The standard InChI is InChI=1S/C21H24FNO3/c1-15(2)26-19-9-7-18(8-10-19)23-20(24)21(11-13-25-14-12-21)16-3-5-17(22)6-4-16/h3-10,15H,11-14H2,1-2H3,(H,23,24). The summed E-state index contributed by atoms with van der Waals surface area (Å²) in [6.45, 7) is 4.94. The second-order valence-corrected chi connectivity index (χ2v) is 6.85. The molecule has 2 aromatic carbocycles. The zero-order valence-corrected chi connectivity index (χ0v) is 15.1. The van der Waals surface area contributed by atoms with Crippen LogP contribution in [-0.2, 0) is 14.9 Å². The fraction of sp³-hybridized carbons (Fsp3) is 0.381. The fourth-order valence-electron chi connectivity index (χ4n) is 3.28. The second kappa shape index (κ2) is 7.87. The van der Waals surface area contributed by atoms with E-state index in [9.17, 15) is 9.18 Å². The van der Waals surface area contributed by atoms with Gasteiger partial charge in [-0.15, -0.1) is 0 Å². The van der Waals surface area contributed by atoms with Gasteiger partial charge in [-0.2, -0.15) is 0 Å². The molecule has 1 saturated heterocycles. The molecule has 2 aromatic rings. The van der Waals surface area contributed by atoms with Gasteiger partial charge < -0.3 is 14.8 Å². The maximum absolute atomic E-state index is 13.3. The molecule has 1 N–H and O–H groups in total. The number of carbonyl (C=O) groups is 1. The molecule has 1 aliphatic rings. The lowest BCUT2D eigenvalue weighted by Gasteiger charge is -2.36. The molecule has 26 heavy (non-hydrogen) atoms. The van der Waals surface area contributed by atoms with E-state index in [-0.39, 0.29) is 17.8 Å². The maximum Gasteiger partial charge on any atom is 0.235 e. The minimum atomic E-state index is -0.709. The number of benzene rings is 2. The zero-order chi connectivity index (χ0) is 18.6. The Morgan fingerprint density at radius 2 is 1.69 bits per heavy atom. The number of rotatable bonds is 5. The van der Waals surface area contributed by atoms with Crippen molar-refractivity contribution < 1.29 is 18.7 Å². The van der Waals surface area contributed by atoms with E-state index in [0.29, 0.717) is 31.7 Å². The molecule has 0 spiro atoms. The van der Waals surface area contributed by atoms with Crippen LogP contribution in [-0.4, -0.2) is 25.2 Å². The number of amides is 1. The third kappa shape index (κ3) is 4.05. The SMILES string of the molecule is CC(C)Oc1ccc(NC(=O)C2(c3ccc(F)cc3)CCOCC2)cc1. The molecule has 1 fully saturated rings. The Bertz CT molecular complexity index is 735. The summed E-state index contributed by atoms with van der Waals surface area (Å²) in [4.78, 5) is 13.1. The molecule has 5 heteroatoms. The van der Waals surface area contributed by atoms with Crippen molar-refractivity contribution in [1.29, 1.82) is 0 Å². The Kier molecular flexibility index (Phi) is 5.57. The van der Waals surface area contributed by atoms with Gasteiger partial charge in [-0.25, -0.2) is 4.39 Å². The third-order valence-corrected chi connectivity index (χ3v) is 4.66. The Balaban J connectivity index is 1.81. The van der Waals surface area contributed by atoms with Crippen LogP contribution in [0.2, 0.25) is 0 Å². The molecule has 0 bridgehead atoms. The minimum Gasteiger partial charge on any atom is -0.491 e. The number of hydrogen-bond acceptors (Lipinski definition) is 3. The average molecular weight is 357 g/mol. The van der Waals surface area contributed by atoms with Gasteiger partial charge in [0.1, 0.15) is 11.6 Å². The Morgan fingerprint density at radius 3 is 2.27 bits per heavy atom. The van der Waals surface area contributed by atoms with E-state index in [0.717, 1.165) is 11.3 Å². The van der Waals surface area contributed by atoms with Gasteiger partial charge in [0, 0.05) is 18.9 Å². The molecule has 0 aliphatic carbocycles. The van der Waals surface area contributed by atoms with Gasteiger partial charge in [0.15, 0.2) is 0 Å². The van der Waals surface area contributed by atoms with Crippen molar-refractivity contribution in [2.75, 3.05) is 18.5 Å². The van der Waals surface area contributed by atoms with E-state index >= 15 is 0 Å². The first kappa shape index (κ1) is 18.4. The molecule has 1 heterocycles. The van der Waals surface area contributed by atoms with Gasteiger partial charge >= 0.3 is 0 Å². The summed E-state index contributed by atoms with van der Waals surface area (Å²) < 4.78 is 24.4. The Morgan fingerprint density at radius 1 is 1.08 bits per heavy atom. The highest BCUT2D eigenvalue weighted by Crippen LogP contribution is 2.36. The van der Waals surface area contributed by atoms with E-state index in [1.54, 1.807) is 12.1 Å². The summed E-state index contributed by atoms with van der Waals surface area (Å²) in [5.41, 5.74) is 0.817. The molecule has 1 amide bonds. The highest BCUT2D eigenvalue weighted by molar-refractivity contribution is 5.99. The summed E-state index contributed by atoms with van der Waals surface area (Å²) in [6.07, 6.45) is 1.23. The number of nitrogens with one attached hydrogen (secondary N) is 1. The number of ether oxygens (including phenoxy) is 2. The van der Waals surface area contributed by atoms with Crippen molar-refractivity contribution in [1.82, 2.24) is 0 Å². The molecule has 138 valence electrons. The summed E-state index contributed by atoms with van der Waals surface area (Å²) in [5, 5.41) is 3.00. The molecular formula is C21H24FNO3. The molecule has 0 saturated carbocycles. The maximum atomic E-state index is 13.3. The number of hydrogen-bond donors (Lipinski definition) is 1. The first-order valence-corrected chi connectivity index (χ1v) is 8.91. The van der Waals surface area contributed by atoms with Gasteiger partial charge in [-0.3, -0.25) is 4.79 Å². The lowest BCUT2D eigenvalue weighted by Crippen LogP contribution is -2.44. The fourth-order valence-corrected chi connectivity index (χ4v) is 3.28.